The number of benzene rings is 2. The van der Waals surface area contributed by atoms with Gasteiger partial charge >= 0.3 is 6.03 Å². The molecule has 0 saturated carbocycles. The highest BCUT2D eigenvalue weighted by Crippen LogP contribution is 2.38. The van der Waals surface area contributed by atoms with E-state index in [0.717, 1.165) is 36.5 Å². The zero-order valence-electron chi connectivity index (χ0n) is 17.8. The van der Waals surface area contributed by atoms with Crippen LogP contribution in [0.25, 0.3) is 6.08 Å². The minimum absolute atomic E-state index is 0.0766. The topological polar surface area (TPSA) is 71.1 Å². The lowest BCUT2D eigenvalue weighted by atomic mass is 10.1. The molecule has 0 spiro atoms. The number of carbonyl (C=O) groups excluding carboxylic acids is 2. The molecule has 168 valence electrons. The molecule has 1 N–H and O–H groups in total. The molecular formula is C23H23Cl2N3O4. The highest BCUT2D eigenvalue weighted by atomic mass is 35.5. The van der Waals surface area contributed by atoms with Gasteiger partial charge in [0.05, 0.1) is 36.5 Å². The van der Waals surface area contributed by atoms with Crippen LogP contribution in [0, 0.1) is 0 Å². The van der Waals surface area contributed by atoms with Crippen LogP contribution >= 0.6 is 23.2 Å². The number of hydrogen-bond donors (Lipinski definition) is 1. The normalized spacial score (nSPS) is 17.3. The Kier molecular flexibility index (Phi) is 6.48. The average molecular weight is 476 g/mol. The molecule has 7 nitrogen and oxygen atoms in total. The number of methoxy groups -OCH3 is 2. The number of nitrogens with zero attached hydrogens (tertiary/aromatic N) is 2. The summed E-state index contributed by atoms with van der Waals surface area (Å²) >= 11 is 12.0. The van der Waals surface area contributed by atoms with Gasteiger partial charge in [-0.1, -0.05) is 29.3 Å². The molecule has 0 aromatic heterocycles. The SMILES string of the molecule is COc1cc(N2CCCC2)c(OC)cc1/C=C1\NC(=O)N(Cc2ccc(Cl)c(Cl)c2)C1=O. The molecule has 2 aliphatic heterocycles. The van der Waals surface area contributed by atoms with E-state index < -0.39 is 11.9 Å². The molecule has 0 atom stereocenters. The molecule has 2 aromatic carbocycles. The van der Waals surface area contributed by atoms with Crippen LogP contribution in [0.2, 0.25) is 10.0 Å². The van der Waals surface area contributed by atoms with Crippen LogP contribution in [0.5, 0.6) is 11.5 Å². The molecule has 2 aliphatic rings. The van der Waals surface area contributed by atoms with E-state index in [4.69, 9.17) is 32.7 Å². The van der Waals surface area contributed by atoms with Crippen LogP contribution in [0.15, 0.2) is 36.0 Å². The number of anilines is 1. The van der Waals surface area contributed by atoms with Crippen LogP contribution in [-0.2, 0) is 11.3 Å². The molecule has 0 aliphatic carbocycles. The summed E-state index contributed by atoms with van der Waals surface area (Å²) in [7, 11) is 3.18. The fourth-order valence-electron chi connectivity index (χ4n) is 3.91. The summed E-state index contributed by atoms with van der Waals surface area (Å²) in [5.74, 6) is 0.833. The maximum absolute atomic E-state index is 12.9. The Bertz CT molecular complexity index is 1100. The Morgan fingerprint density at radius 3 is 2.38 bits per heavy atom. The smallest absolute Gasteiger partial charge is 0.329 e. The molecule has 0 radical (unpaired) electrons. The van der Waals surface area contributed by atoms with Gasteiger partial charge in [-0.05, 0) is 42.7 Å². The summed E-state index contributed by atoms with van der Waals surface area (Å²) in [6, 6.07) is 8.21. The van der Waals surface area contributed by atoms with E-state index in [0.29, 0.717) is 32.7 Å². The van der Waals surface area contributed by atoms with Gasteiger partial charge in [-0.15, -0.1) is 0 Å². The quantitative estimate of drug-likeness (QED) is 0.484. The first-order chi connectivity index (χ1) is 15.4. The number of ether oxygens (including phenoxy) is 2. The van der Waals surface area contributed by atoms with E-state index in [1.54, 1.807) is 38.5 Å². The largest absolute Gasteiger partial charge is 0.496 e. The third-order valence-electron chi connectivity index (χ3n) is 5.56. The first-order valence-electron chi connectivity index (χ1n) is 10.2. The molecule has 0 unspecified atom stereocenters. The van der Waals surface area contributed by atoms with Gasteiger partial charge < -0.3 is 19.7 Å². The summed E-state index contributed by atoms with van der Waals surface area (Å²) < 4.78 is 11.2. The first kappa shape index (κ1) is 22.3. The van der Waals surface area contributed by atoms with Crippen molar-refractivity contribution in [3.05, 3.63) is 57.2 Å². The summed E-state index contributed by atoms with van der Waals surface area (Å²) in [5, 5.41) is 3.41. The first-order valence-corrected chi connectivity index (χ1v) is 11.0. The van der Waals surface area contributed by atoms with Crippen LogP contribution in [0.3, 0.4) is 0 Å². The maximum atomic E-state index is 12.9. The predicted molar refractivity (Wildman–Crippen MR) is 125 cm³/mol. The standard InChI is InChI=1S/C23H23Cl2N3O4/c1-31-20-12-19(27-7-3-4-8-27)21(32-2)11-15(20)10-18-22(29)28(23(30)26-18)13-14-5-6-16(24)17(25)9-14/h5-6,9-12H,3-4,7-8,13H2,1-2H3,(H,26,30)/b18-10-. The Labute approximate surface area is 196 Å². The summed E-state index contributed by atoms with van der Waals surface area (Å²) in [5.41, 5.74) is 2.43. The van der Waals surface area contributed by atoms with Crippen molar-refractivity contribution in [1.29, 1.82) is 0 Å². The van der Waals surface area contributed by atoms with Crippen molar-refractivity contribution < 1.29 is 19.1 Å². The molecular weight excluding hydrogens is 453 g/mol. The van der Waals surface area contributed by atoms with E-state index >= 15 is 0 Å². The van der Waals surface area contributed by atoms with Gasteiger partial charge in [0.1, 0.15) is 17.2 Å². The zero-order chi connectivity index (χ0) is 22.8. The van der Waals surface area contributed by atoms with Crippen molar-refractivity contribution in [1.82, 2.24) is 10.2 Å². The van der Waals surface area contributed by atoms with Crippen LogP contribution in [-0.4, -0.2) is 44.1 Å². The molecule has 32 heavy (non-hydrogen) atoms. The minimum atomic E-state index is -0.507. The minimum Gasteiger partial charge on any atom is -0.496 e. The number of rotatable bonds is 6. The highest BCUT2D eigenvalue weighted by molar-refractivity contribution is 6.42. The Balaban J connectivity index is 1.62. The molecule has 2 aromatic rings. The fraction of sp³-hybridized carbons (Fsp3) is 0.304. The summed E-state index contributed by atoms with van der Waals surface area (Å²) in [6.45, 7) is 1.99. The van der Waals surface area contributed by atoms with Gasteiger partial charge in [-0.2, -0.15) is 0 Å². The van der Waals surface area contributed by atoms with E-state index in [1.807, 2.05) is 12.1 Å². The predicted octanol–water partition coefficient (Wildman–Crippen LogP) is 4.70. The lowest BCUT2D eigenvalue weighted by Gasteiger charge is -2.22. The number of urea groups is 1. The molecule has 0 bridgehead atoms. The van der Waals surface area contributed by atoms with E-state index in [2.05, 4.69) is 10.2 Å². The van der Waals surface area contributed by atoms with Crippen molar-refractivity contribution in [3.63, 3.8) is 0 Å². The highest BCUT2D eigenvalue weighted by Gasteiger charge is 2.34. The van der Waals surface area contributed by atoms with Crippen molar-refractivity contribution >= 4 is 46.9 Å². The third-order valence-corrected chi connectivity index (χ3v) is 6.30. The third kappa shape index (κ3) is 4.36. The average Bonchev–Trinajstić information content (AvgIpc) is 3.40. The van der Waals surface area contributed by atoms with E-state index in [1.165, 1.54) is 0 Å². The molecule has 9 heteroatoms. The Morgan fingerprint density at radius 2 is 1.72 bits per heavy atom. The molecule has 2 heterocycles. The number of amides is 3. The Hall–Kier alpha value is -2.90. The number of carbonyl (C=O) groups is 2. The number of nitrogens with one attached hydrogen (secondary N) is 1. The lowest BCUT2D eigenvalue weighted by molar-refractivity contribution is -0.123. The van der Waals surface area contributed by atoms with Crippen molar-refractivity contribution in [2.75, 3.05) is 32.2 Å². The molecule has 3 amide bonds. The summed E-state index contributed by atoms with van der Waals surface area (Å²) in [4.78, 5) is 28.8. The number of halogens is 2. The Morgan fingerprint density at radius 1 is 1.00 bits per heavy atom. The zero-order valence-corrected chi connectivity index (χ0v) is 19.3. The van der Waals surface area contributed by atoms with Crippen molar-refractivity contribution in [2.24, 2.45) is 0 Å². The second-order valence-electron chi connectivity index (χ2n) is 7.59. The second kappa shape index (κ2) is 9.30. The number of hydrogen-bond acceptors (Lipinski definition) is 5. The van der Waals surface area contributed by atoms with Gasteiger partial charge in [-0.25, -0.2) is 4.79 Å². The van der Waals surface area contributed by atoms with Crippen LogP contribution < -0.4 is 19.7 Å². The van der Waals surface area contributed by atoms with Gasteiger partial charge in [0.15, 0.2) is 0 Å². The second-order valence-corrected chi connectivity index (χ2v) is 8.40. The fourth-order valence-corrected chi connectivity index (χ4v) is 4.24. The molecule has 2 saturated heterocycles. The van der Waals surface area contributed by atoms with Gasteiger partial charge in [0, 0.05) is 24.7 Å². The molecule has 4 rings (SSSR count). The van der Waals surface area contributed by atoms with E-state index in [-0.39, 0.29) is 12.2 Å². The number of imide groups is 1. The maximum Gasteiger partial charge on any atom is 0.329 e. The van der Waals surface area contributed by atoms with Gasteiger partial charge in [-0.3, -0.25) is 9.69 Å². The van der Waals surface area contributed by atoms with Crippen LogP contribution in [0.1, 0.15) is 24.0 Å². The van der Waals surface area contributed by atoms with Crippen molar-refractivity contribution in [3.8, 4) is 11.5 Å². The molecule has 2 fully saturated rings. The van der Waals surface area contributed by atoms with Crippen molar-refractivity contribution in [2.45, 2.75) is 19.4 Å². The lowest BCUT2D eigenvalue weighted by Crippen LogP contribution is -2.30. The van der Waals surface area contributed by atoms with Gasteiger partial charge in [0.25, 0.3) is 5.91 Å². The summed E-state index contributed by atoms with van der Waals surface area (Å²) in [6.07, 6.45) is 3.86. The van der Waals surface area contributed by atoms with E-state index in [9.17, 15) is 9.59 Å². The monoisotopic (exact) mass is 475 g/mol. The van der Waals surface area contributed by atoms with Gasteiger partial charge in [0.2, 0.25) is 0 Å². The van der Waals surface area contributed by atoms with Crippen LogP contribution in [0.4, 0.5) is 10.5 Å².